The smallest absolute Gasteiger partial charge is 0.326 e. The van der Waals surface area contributed by atoms with Gasteiger partial charge in [0.25, 0.3) is 11.5 Å². The van der Waals surface area contributed by atoms with Gasteiger partial charge in [0.1, 0.15) is 36.3 Å². The molecule has 3 rings (SSSR count). The number of aromatic nitrogens is 2. The highest BCUT2D eigenvalue weighted by Gasteiger charge is 2.28. The summed E-state index contributed by atoms with van der Waals surface area (Å²) in [4.78, 5) is 62.6. The first kappa shape index (κ1) is 35.4. The van der Waals surface area contributed by atoms with Gasteiger partial charge in [0.15, 0.2) is 5.82 Å². The zero-order valence-corrected chi connectivity index (χ0v) is 23.2. The van der Waals surface area contributed by atoms with Crippen LogP contribution in [0.5, 0.6) is 0 Å². The third kappa shape index (κ3) is 10.5. The zero-order valence-electron chi connectivity index (χ0n) is 23.2. The summed E-state index contributed by atoms with van der Waals surface area (Å²) in [6.07, 6.45) is -5.01. The van der Waals surface area contributed by atoms with Crippen molar-refractivity contribution in [2.75, 3.05) is 41.4 Å². The molecule has 0 bridgehead atoms. The molecule has 1 aliphatic heterocycles. The summed E-state index contributed by atoms with van der Waals surface area (Å²) >= 11 is 0. The predicted molar refractivity (Wildman–Crippen MR) is 155 cm³/mol. The van der Waals surface area contributed by atoms with Crippen LogP contribution in [-0.4, -0.2) is 121 Å². The van der Waals surface area contributed by atoms with Crippen LogP contribution in [0.3, 0.4) is 0 Å². The van der Waals surface area contributed by atoms with Gasteiger partial charge in [-0.25, -0.2) is 4.79 Å². The Bertz CT molecular complexity index is 1340. The maximum Gasteiger partial charge on any atom is 0.326 e. The van der Waals surface area contributed by atoms with E-state index in [1.165, 1.54) is 12.1 Å². The molecule has 1 aromatic carbocycles. The number of aliphatic carboxylic acids is 2. The second-order valence-electron chi connectivity index (χ2n) is 9.60. The average Bonchev–Trinajstić information content (AvgIpc) is 3.00. The van der Waals surface area contributed by atoms with E-state index in [4.69, 9.17) is 42.1 Å². The Balaban J connectivity index is 0.000000477. The van der Waals surface area contributed by atoms with Crippen LogP contribution in [0, 0.1) is 0 Å². The average molecular weight is 625 g/mol. The molecule has 1 aliphatic rings. The topological polar surface area (TPSA) is 336 Å². The number of nitrogens with zero attached hydrogens (tertiary/aromatic N) is 1. The number of amides is 1. The third-order valence-corrected chi connectivity index (χ3v) is 6.23. The number of carboxylic acid groups (broad SMARTS) is 2. The van der Waals surface area contributed by atoms with Crippen LogP contribution in [0.25, 0.3) is 0 Å². The lowest BCUT2D eigenvalue weighted by atomic mass is 10.0. The number of aliphatic hydroxyl groups excluding tert-OH is 4. The Morgan fingerprint density at radius 2 is 1.77 bits per heavy atom. The molecule has 19 nitrogen and oxygen atoms in total. The van der Waals surface area contributed by atoms with Gasteiger partial charge in [0.2, 0.25) is 5.95 Å². The number of fused-ring (bicyclic) bond motifs is 1. The highest BCUT2D eigenvalue weighted by atomic mass is 16.4. The van der Waals surface area contributed by atoms with E-state index in [2.05, 4.69) is 31.2 Å². The van der Waals surface area contributed by atoms with E-state index in [1.54, 1.807) is 12.1 Å². The van der Waals surface area contributed by atoms with Crippen molar-refractivity contribution in [3.05, 3.63) is 40.2 Å². The van der Waals surface area contributed by atoms with E-state index in [1.807, 2.05) is 0 Å². The monoisotopic (exact) mass is 624 g/mol. The molecule has 1 amide bonds. The second-order valence-corrected chi connectivity index (χ2v) is 9.60. The highest BCUT2D eigenvalue weighted by molar-refractivity contribution is 5.97. The molecule has 242 valence electrons. The summed E-state index contributed by atoms with van der Waals surface area (Å²) in [6, 6.07) is 3.67. The summed E-state index contributed by atoms with van der Waals surface area (Å²) in [5.41, 5.74) is 11.4. The molecule has 19 heteroatoms. The fourth-order valence-corrected chi connectivity index (χ4v) is 3.74. The minimum absolute atomic E-state index is 0.0281. The molecule has 0 aliphatic carbocycles. The van der Waals surface area contributed by atoms with E-state index in [0.29, 0.717) is 30.3 Å². The van der Waals surface area contributed by atoms with Crippen LogP contribution in [-0.2, 0) is 14.4 Å². The van der Waals surface area contributed by atoms with Crippen LogP contribution in [0.4, 0.5) is 23.1 Å². The highest BCUT2D eigenvalue weighted by Crippen LogP contribution is 2.20. The molecule has 0 saturated carbocycles. The first-order chi connectivity index (χ1) is 20.8. The maximum atomic E-state index is 12.3. The number of carbonyl (C=O) groups excluding carboxylic acids is 2. The largest absolute Gasteiger partial charge is 0.481 e. The molecule has 0 radical (unpaired) electrons. The van der Waals surface area contributed by atoms with E-state index in [9.17, 15) is 24.0 Å². The fraction of sp³-hybridized carbons (Fsp3) is 0.440. The first-order valence-electron chi connectivity index (χ1n) is 13.1. The number of H-pyrrole nitrogens is 1. The number of anilines is 4. The van der Waals surface area contributed by atoms with Crippen molar-refractivity contribution in [3.8, 4) is 0 Å². The molecule has 2 aromatic rings. The van der Waals surface area contributed by atoms with Gasteiger partial charge in [-0.05, 0) is 30.7 Å². The number of aldehydes is 1. The van der Waals surface area contributed by atoms with Gasteiger partial charge in [0, 0.05) is 30.8 Å². The molecule has 44 heavy (non-hydrogen) atoms. The van der Waals surface area contributed by atoms with Crippen LogP contribution in [0.2, 0.25) is 0 Å². The Morgan fingerprint density at radius 3 is 2.34 bits per heavy atom. The van der Waals surface area contributed by atoms with Crippen molar-refractivity contribution in [3.63, 3.8) is 0 Å². The molecular weight excluding hydrogens is 588 g/mol. The molecule has 1 unspecified atom stereocenters. The number of nitrogens with two attached hydrogens (primary N) is 2. The van der Waals surface area contributed by atoms with Crippen molar-refractivity contribution < 1.29 is 49.8 Å². The van der Waals surface area contributed by atoms with Gasteiger partial charge in [-0.3, -0.25) is 19.4 Å². The van der Waals surface area contributed by atoms with E-state index >= 15 is 0 Å². The summed E-state index contributed by atoms with van der Waals surface area (Å²) < 4.78 is 0. The lowest BCUT2D eigenvalue weighted by molar-refractivity contribution is -0.140. The summed E-state index contributed by atoms with van der Waals surface area (Å²) in [5.74, 6) is -2.64. The number of aromatic amines is 1. The number of carbonyl (C=O) groups is 4. The minimum atomic E-state index is -1.62. The molecule has 2 heterocycles. The van der Waals surface area contributed by atoms with Crippen molar-refractivity contribution in [2.45, 2.75) is 49.3 Å². The normalized spacial score (nSPS) is 17.0. The van der Waals surface area contributed by atoms with Crippen molar-refractivity contribution >= 4 is 47.3 Å². The van der Waals surface area contributed by atoms with Gasteiger partial charge in [-0.15, -0.1) is 0 Å². The third-order valence-electron chi connectivity index (χ3n) is 6.23. The molecule has 0 fully saturated rings. The lowest BCUT2D eigenvalue weighted by Crippen LogP contribution is -2.49. The van der Waals surface area contributed by atoms with Crippen LogP contribution in [0.15, 0.2) is 29.1 Å². The number of rotatable bonds is 14. The quantitative estimate of drug-likeness (QED) is 0.0899. The van der Waals surface area contributed by atoms with Crippen LogP contribution < -0.4 is 38.3 Å². The number of benzene rings is 1. The van der Waals surface area contributed by atoms with E-state index in [-0.39, 0.29) is 42.2 Å². The molecule has 0 spiro atoms. The van der Waals surface area contributed by atoms with Gasteiger partial charge in [-0.1, -0.05) is 0 Å². The maximum absolute atomic E-state index is 12.3. The summed E-state index contributed by atoms with van der Waals surface area (Å²) in [6.45, 7) is 0.255. The van der Waals surface area contributed by atoms with E-state index in [0.717, 1.165) is 0 Å². The van der Waals surface area contributed by atoms with Gasteiger partial charge >= 0.3 is 11.9 Å². The SMILES string of the molecule is N[C@@H](C=O)[C@@H](O)[C@@H](O)[C@H](O)CO.Nc1nc2c(c(=O)[nH]1)N[C@@H](CNc1ccc(C(=O)NC(CCC(=O)O)C(=O)O)cc1)CN2. The lowest BCUT2D eigenvalue weighted by Gasteiger charge is -2.27. The molecule has 6 atom stereocenters. The molecule has 15 N–H and O–H groups in total. The summed E-state index contributed by atoms with van der Waals surface area (Å²) in [7, 11) is 0. The Labute approximate surface area is 249 Å². The van der Waals surface area contributed by atoms with Crippen LogP contribution >= 0.6 is 0 Å². The number of carboxylic acids is 2. The Morgan fingerprint density at radius 1 is 1.11 bits per heavy atom. The minimum Gasteiger partial charge on any atom is -0.481 e. The molecular formula is C25H36N8O11. The zero-order chi connectivity index (χ0) is 33.0. The van der Waals surface area contributed by atoms with Crippen molar-refractivity contribution in [1.82, 2.24) is 15.3 Å². The Kier molecular flexibility index (Phi) is 13.4. The first-order valence-corrected chi connectivity index (χ1v) is 13.1. The Hall–Kier alpha value is -4.82. The van der Waals surface area contributed by atoms with Crippen molar-refractivity contribution in [1.29, 1.82) is 0 Å². The number of nitrogens with one attached hydrogen (secondary N) is 5. The number of hydrogen-bond acceptors (Lipinski definition) is 15. The van der Waals surface area contributed by atoms with Crippen molar-refractivity contribution in [2.24, 2.45) is 5.73 Å². The standard InChI is InChI=1S/C19H23N7O6.C6H13NO5/c20-19-25-15-14(17(30)26-19)23-11(8-22-15)7-21-10-3-1-9(2-4-10)16(29)24-12(18(31)32)5-6-13(27)28;7-3(1-8)5(11)6(12)4(10)2-9/h1-4,11-12,21,23H,5-8H2,(H,24,29)(H,27,28)(H,31,32)(H4,20,22,25,26,30);1,3-6,9-12H,2,7H2/t11-,12?;3-,4+,5+,6-/m00/s1. The van der Waals surface area contributed by atoms with Gasteiger partial charge < -0.3 is 68.2 Å². The predicted octanol–water partition coefficient (Wildman–Crippen LogP) is -3.69. The number of nitrogen functional groups attached to an aromatic ring is 1. The number of aliphatic hydroxyl groups is 4. The fourth-order valence-electron chi connectivity index (χ4n) is 3.74. The molecule has 1 aromatic heterocycles. The number of hydrogen-bond donors (Lipinski definition) is 13. The second kappa shape index (κ2) is 16.7. The van der Waals surface area contributed by atoms with Gasteiger partial charge in [0.05, 0.1) is 18.7 Å². The summed E-state index contributed by atoms with van der Waals surface area (Å²) in [5, 5.41) is 64.7. The van der Waals surface area contributed by atoms with Gasteiger partial charge in [-0.2, -0.15) is 4.98 Å². The van der Waals surface area contributed by atoms with Crippen LogP contribution in [0.1, 0.15) is 23.2 Å². The van der Waals surface area contributed by atoms with E-state index < -0.39 is 54.8 Å². The molecule has 0 saturated heterocycles.